The Morgan fingerprint density at radius 3 is 2.59 bits per heavy atom. The Labute approximate surface area is 180 Å². The third-order valence-corrected chi connectivity index (χ3v) is 4.92. The van der Waals surface area contributed by atoms with E-state index in [1.807, 2.05) is 12.4 Å². The van der Waals surface area contributed by atoms with Crippen molar-refractivity contribution < 1.29 is 0 Å². The van der Waals surface area contributed by atoms with Crippen molar-refractivity contribution in [3.05, 3.63) is 54.1 Å². The zero-order chi connectivity index (χ0) is 18.4. The van der Waals surface area contributed by atoms with Gasteiger partial charge in [-0.2, -0.15) is 0 Å². The smallest absolute Gasteiger partial charge is 0.191 e. The number of rotatable bonds is 8. The molecule has 0 unspecified atom stereocenters. The molecule has 0 spiro atoms. The van der Waals surface area contributed by atoms with Crippen molar-refractivity contribution in [1.82, 2.24) is 20.2 Å². The first-order valence-corrected chi connectivity index (χ1v) is 9.71. The topological polar surface area (TPSA) is 54.2 Å². The molecule has 5 nitrogen and oxygen atoms in total. The molecule has 1 saturated carbocycles. The van der Waals surface area contributed by atoms with Gasteiger partial charge in [0.05, 0.1) is 0 Å². The molecule has 1 aromatic heterocycles. The second-order valence-electron chi connectivity index (χ2n) is 7.58. The van der Waals surface area contributed by atoms with Crippen molar-refractivity contribution in [2.45, 2.75) is 52.1 Å². The fraction of sp³-hybridized carbons (Fsp3) is 0.524. The summed E-state index contributed by atoms with van der Waals surface area (Å²) in [5, 5.41) is 6.91. The number of halogens is 1. The van der Waals surface area contributed by atoms with Crippen LogP contribution < -0.4 is 10.6 Å². The van der Waals surface area contributed by atoms with Crippen LogP contribution in [0.4, 0.5) is 0 Å². The van der Waals surface area contributed by atoms with Crippen molar-refractivity contribution in [3.63, 3.8) is 0 Å². The molecule has 1 heterocycles. The van der Waals surface area contributed by atoms with Crippen LogP contribution in [0, 0.1) is 5.92 Å². The highest BCUT2D eigenvalue weighted by atomic mass is 127. The summed E-state index contributed by atoms with van der Waals surface area (Å²) in [6.07, 6.45) is 6.38. The Kier molecular flexibility index (Phi) is 8.13. The van der Waals surface area contributed by atoms with Gasteiger partial charge in [0, 0.05) is 37.4 Å². The second-order valence-corrected chi connectivity index (χ2v) is 7.58. The summed E-state index contributed by atoms with van der Waals surface area (Å²) < 4.78 is 2.20. The largest absolute Gasteiger partial charge is 0.357 e. The number of nitrogens with one attached hydrogen (secondary N) is 2. The maximum Gasteiger partial charge on any atom is 0.191 e. The first kappa shape index (κ1) is 21.7. The van der Waals surface area contributed by atoms with Crippen LogP contribution >= 0.6 is 24.0 Å². The number of hydrogen-bond donors (Lipinski definition) is 2. The predicted molar refractivity (Wildman–Crippen MR) is 123 cm³/mol. The van der Waals surface area contributed by atoms with Gasteiger partial charge in [-0.3, -0.25) is 0 Å². The third kappa shape index (κ3) is 5.96. The van der Waals surface area contributed by atoms with Crippen molar-refractivity contribution >= 4 is 29.9 Å². The molecule has 1 aliphatic rings. The van der Waals surface area contributed by atoms with Gasteiger partial charge in [0.2, 0.25) is 0 Å². The van der Waals surface area contributed by atoms with Gasteiger partial charge in [0.25, 0.3) is 0 Å². The number of guanidine groups is 1. The average molecular weight is 481 g/mol. The van der Waals surface area contributed by atoms with Crippen LogP contribution in [0.25, 0.3) is 0 Å². The maximum absolute atomic E-state index is 4.76. The molecule has 2 N–H and O–H groups in total. The lowest BCUT2D eigenvalue weighted by Gasteiger charge is -2.19. The van der Waals surface area contributed by atoms with Crippen molar-refractivity contribution in [2.24, 2.45) is 10.9 Å². The number of hydrogen-bond acceptors (Lipinski definition) is 2. The molecule has 6 heteroatoms. The summed E-state index contributed by atoms with van der Waals surface area (Å²) in [6, 6.07) is 10.8. The van der Waals surface area contributed by atoms with Crippen LogP contribution in [-0.4, -0.2) is 28.6 Å². The molecular formula is C21H32IN5. The van der Waals surface area contributed by atoms with E-state index in [1.54, 1.807) is 0 Å². The van der Waals surface area contributed by atoms with E-state index in [0.717, 1.165) is 31.4 Å². The van der Waals surface area contributed by atoms with E-state index < -0.39 is 0 Å². The van der Waals surface area contributed by atoms with Gasteiger partial charge in [0.1, 0.15) is 12.4 Å². The Balaban J connectivity index is 0.00000261. The van der Waals surface area contributed by atoms with Gasteiger partial charge >= 0.3 is 0 Å². The lowest BCUT2D eigenvalue weighted by Crippen LogP contribution is -2.41. The molecule has 0 aliphatic heterocycles. The molecule has 0 bridgehead atoms. The van der Waals surface area contributed by atoms with Gasteiger partial charge in [-0.15, -0.1) is 24.0 Å². The van der Waals surface area contributed by atoms with E-state index >= 15 is 0 Å². The Bertz CT molecular complexity index is 719. The SMILES string of the molecule is CCNC(=NCc1nccn1CC(C)C)NCC1(c2ccccc2)CC1.I. The van der Waals surface area contributed by atoms with Crippen LogP contribution in [0.15, 0.2) is 47.7 Å². The van der Waals surface area contributed by atoms with E-state index in [4.69, 9.17) is 4.99 Å². The molecule has 1 aliphatic carbocycles. The summed E-state index contributed by atoms with van der Waals surface area (Å²) in [5.41, 5.74) is 1.70. The minimum absolute atomic E-state index is 0. The lowest BCUT2D eigenvalue weighted by molar-refractivity contribution is 0.507. The number of benzene rings is 1. The molecule has 0 radical (unpaired) electrons. The molecule has 0 atom stereocenters. The van der Waals surface area contributed by atoms with E-state index in [9.17, 15) is 0 Å². The zero-order valence-electron chi connectivity index (χ0n) is 16.6. The van der Waals surface area contributed by atoms with E-state index in [0.29, 0.717) is 12.5 Å². The van der Waals surface area contributed by atoms with Crippen LogP contribution in [0.3, 0.4) is 0 Å². The van der Waals surface area contributed by atoms with Crippen LogP contribution in [0.5, 0.6) is 0 Å². The number of nitrogens with zero attached hydrogens (tertiary/aromatic N) is 3. The van der Waals surface area contributed by atoms with Gasteiger partial charge in [-0.05, 0) is 31.2 Å². The highest BCUT2D eigenvalue weighted by molar-refractivity contribution is 14.0. The van der Waals surface area contributed by atoms with E-state index in [-0.39, 0.29) is 29.4 Å². The van der Waals surface area contributed by atoms with Crippen LogP contribution in [0.1, 0.15) is 45.0 Å². The second kappa shape index (κ2) is 10.1. The summed E-state index contributed by atoms with van der Waals surface area (Å²) in [7, 11) is 0. The maximum atomic E-state index is 4.76. The molecule has 3 rings (SSSR count). The van der Waals surface area contributed by atoms with E-state index in [1.165, 1.54) is 18.4 Å². The summed E-state index contributed by atoms with van der Waals surface area (Å²) in [5.74, 6) is 2.48. The summed E-state index contributed by atoms with van der Waals surface area (Å²) in [6.45, 7) is 9.88. The minimum atomic E-state index is 0. The Morgan fingerprint density at radius 1 is 1.22 bits per heavy atom. The fourth-order valence-corrected chi connectivity index (χ4v) is 3.31. The first-order chi connectivity index (χ1) is 12.6. The van der Waals surface area contributed by atoms with Gasteiger partial charge in [-0.25, -0.2) is 9.98 Å². The minimum Gasteiger partial charge on any atom is -0.357 e. The quantitative estimate of drug-likeness (QED) is 0.341. The molecular weight excluding hydrogens is 449 g/mol. The molecule has 0 amide bonds. The summed E-state index contributed by atoms with van der Waals surface area (Å²) >= 11 is 0. The lowest BCUT2D eigenvalue weighted by atomic mass is 9.96. The highest BCUT2D eigenvalue weighted by Gasteiger charge is 2.43. The van der Waals surface area contributed by atoms with E-state index in [2.05, 4.69) is 71.3 Å². The fourth-order valence-electron chi connectivity index (χ4n) is 3.31. The average Bonchev–Trinajstić information content (AvgIpc) is 3.31. The molecule has 27 heavy (non-hydrogen) atoms. The van der Waals surface area contributed by atoms with Crippen molar-refractivity contribution in [1.29, 1.82) is 0 Å². The summed E-state index contributed by atoms with van der Waals surface area (Å²) in [4.78, 5) is 9.23. The van der Waals surface area contributed by atoms with Crippen molar-refractivity contribution in [2.75, 3.05) is 13.1 Å². The number of aromatic nitrogens is 2. The van der Waals surface area contributed by atoms with Gasteiger partial charge < -0.3 is 15.2 Å². The van der Waals surface area contributed by atoms with Crippen LogP contribution in [-0.2, 0) is 18.5 Å². The zero-order valence-corrected chi connectivity index (χ0v) is 18.9. The molecule has 1 fully saturated rings. The highest BCUT2D eigenvalue weighted by Crippen LogP contribution is 2.47. The third-order valence-electron chi connectivity index (χ3n) is 4.92. The monoisotopic (exact) mass is 481 g/mol. The molecule has 148 valence electrons. The molecule has 1 aromatic carbocycles. The first-order valence-electron chi connectivity index (χ1n) is 9.71. The molecule has 0 saturated heterocycles. The normalized spacial score (nSPS) is 15.3. The number of aliphatic imine (C=N–C) groups is 1. The molecule has 2 aromatic rings. The number of imidazole rings is 1. The van der Waals surface area contributed by atoms with Gasteiger partial charge in [0.15, 0.2) is 5.96 Å². The Hall–Kier alpha value is -1.57. The standard InChI is InChI=1S/C21H31N5.HI/c1-4-22-20(24-14-19-23-12-13-26(19)15-17(2)3)25-16-21(10-11-21)18-8-6-5-7-9-18;/h5-9,12-13,17H,4,10-11,14-16H2,1-3H3,(H2,22,24,25);1H. The predicted octanol–water partition coefficient (Wildman–Crippen LogP) is 3.94. The van der Waals surface area contributed by atoms with Crippen molar-refractivity contribution in [3.8, 4) is 0 Å². The Morgan fingerprint density at radius 2 is 1.96 bits per heavy atom. The van der Waals surface area contributed by atoms with Crippen LogP contribution in [0.2, 0.25) is 0 Å². The van der Waals surface area contributed by atoms with Gasteiger partial charge in [-0.1, -0.05) is 44.2 Å².